The summed E-state index contributed by atoms with van der Waals surface area (Å²) in [6, 6.07) is 0. The summed E-state index contributed by atoms with van der Waals surface area (Å²) in [7, 11) is 0. The van der Waals surface area contributed by atoms with Crippen molar-refractivity contribution in [2.75, 3.05) is 18.4 Å². The molecule has 0 spiro atoms. The normalized spacial score (nSPS) is 16.2. The molecule has 6 nitrogen and oxygen atoms in total. The van der Waals surface area contributed by atoms with Crippen molar-refractivity contribution < 1.29 is 0 Å². The second-order valence-electron chi connectivity index (χ2n) is 4.57. The van der Waals surface area contributed by atoms with Gasteiger partial charge in [0, 0.05) is 24.5 Å². The van der Waals surface area contributed by atoms with E-state index in [4.69, 9.17) is 0 Å². The van der Waals surface area contributed by atoms with Gasteiger partial charge in [0.2, 0.25) is 0 Å². The van der Waals surface area contributed by atoms with Gasteiger partial charge in [0.25, 0.3) is 0 Å². The second-order valence-corrected chi connectivity index (χ2v) is 4.57. The van der Waals surface area contributed by atoms with Crippen LogP contribution in [0.5, 0.6) is 0 Å². The number of hydrogen-bond acceptors (Lipinski definition) is 6. The standard InChI is InChI=1S/C13H16N6/c1-3-14-4-2-10(1)11-7-16-9-13(18-11)19-12-8-15-5-6-17-12/h5-10,14H,1-4H2,(H,17,18,19). The van der Waals surface area contributed by atoms with E-state index in [0.29, 0.717) is 11.7 Å². The number of nitrogens with zero attached hydrogens (tertiary/aromatic N) is 4. The molecule has 0 radical (unpaired) electrons. The summed E-state index contributed by atoms with van der Waals surface area (Å²) < 4.78 is 0. The van der Waals surface area contributed by atoms with Gasteiger partial charge in [-0.05, 0) is 25.9 Å². The number of anilines is 2. The molecule has 0 aromatic carbocycles. The van der Waals surface area contributed by atoms with Crippen molar-refractivity contribution in [3.8, 4) is 0 Å². The zero-order valence-electron chi connectivity index (χ0n) is 10.6. The predicted octanol–water partition coefficient (Wildman–Crippen LogP) is 1.48. The highest BCUT2D eigenvalue weighted by molar-refractivity contribution is 5.48. The maximum absolute atomic E-state index is 4.62. The number of hydrogen-bond donors (Lipinski definition) is 2. The van der Waals surface area contributed by atoms with Gasteiger partial charge in [-0.2, -0.15) is 0 Å². The minimum absolute atomic E-state index is 0.498. The van der Waals surface area contributed by atoms with Gasteiger partial charge in [-0.3, -0.25) is 9.97 Å². The summed E-state index contributed by atoms with van der Waals surface area (Å²) in [4.78, 5) is 17.1. The van der Waals surface area contributed by atoms with Crippen LogP contribution in [0.3, 0.4) is 0 Å². The lowest BCUT2D eigenvalue weighted by Crippen LogP contribution is -2.27. The van der Waals surface area contributed by atoms with Gasteiger partial charge >= 0.3 is 0 Å². The lowest BCUT2D eigenvalue weighted by atomic mass is 9.95. The first-order valence-electron chi connectivity index (χ1n) is 6.47. The Morgan fingerprint density at radius 2 is 1.84 bits per heavy atom. The van der Waals surface area contributed by atoms with Gasteiger partial charge in [-0.15, -0.1) is 0 Å². The molecule has 2 aromatic rings. The average Bonchev–Trinajstić information content (AvgIpc) is 2.49. The fraction of sp³-hybridized carbons (Fsp3) is 0.385. The van der Waals surface area contributed by atoms with E-state index in [2.05, 4.69) is 30.6 Å². The largest absolute Gasteiger partial charge is 0.322 e. The maximum Gasteiger partial charge on any atom is 0.150 e. The van der Waals surface area contributed by atoms with Crippen LogP contribution in [0, 0.1) is 0 Å². The van der Waals surface area contributed by atoms with Crippen LogP contribution >= 0.6 is 0 Å². The van der Waals surface area contributed by atoms with Crippen molar-refractivity contribution >= 4 is 11.6 Å². The molecule has 0 bridgehead atoms. The Bertz CT molecular complexity index is 524. The Kier molecular flexibility index (Phi) is 3.60. The van der Waals surface area contributed by atoms with Crippen LogP contribution in [-0.4, -0.2) is 33.0 Å². The van der Waals surface area contributed by atoms with Gasteiger partial charge in [-0.25, -0.2) is 9.97 Å². The van der Waals surface area contributed by atoms with E-state index in [1.54, 1.807) is 24.8 Å². The molecule has 0 amide bonds. The fourth-order valence-electron chi connectivity index (χ4n) is 2.25. The van der Waals surface area contributed by atoms with E-state index in [-0.39, 0.29) is 0 Å². The molecule has 19 heavy (non-hydrogen) atoms. The third kappa shape index (κ3) is 3.03. The van der Waals surface area contributed by atoms with E-state index < -0.39 is 0 Å². The number of rotatable bonds is 3. The van der Waals surface area contributed by atoms with Crippen LogP contribution in [0.25, 0.3) is 0 Å². The monoisotopic (exact) mass is 256 g/mol. The maximum atomic E-state index is 4.62. The third-order valence-electron chi connectivity index (χ3n) is 3.23. The molecule has 1 aliphatic heterocycles. The molecular weight excluding hydrogens is 240 g/mol. The van der Waals surface area contributed by atoms with Gasteiger partial charge in [-0.1, -0.05) is 0 Å². The zero-order chi connectivity index (χ0) is 12.9. The summed E-state index contributed by atoms with van der Waals surface area (Å²) in [5, 5.41) is 6.48. The van der Waals surface area contributed by atoms with E-state index in [1.807, 2.05) is 6.20 Å². The molecule has 3 heterocycles. The highest BCUT2D eigenvalue weighted by Crippen LogP contribution is 2.24. The molecule has 3 rings (SSSR count). The summed E-state index contributed by atoms with van der Waals surface area (Å²) in [6.07, 6.45) is 10.7. The Morgan fingerprint density at radius 1 is 1.00 bits per heavy atom. The Labute approximate surface area is 111 Å². The van der Waals surface area contributed by atoms with E-state index >= 15 is 0 Å². The van der Waals surface area contributed by atoms with Crippen LogP contribution in [0.1, 0.15) is 24.5 Å². The van der Waals surface area contributed by atoms with Crippen LogP contribution in [-0.2, 0) is 0 Å². The number of aromatic nitrogens is 4. The van der Waals surface area contributed by atoms with Crippen molar-refractivity contribution in [1.29, 1.82) is 0 Å². The second kappa shape index (κ2) is 5.71. The van der Waals surface area contributed by atoms with E-state index in [0.717, 1.165) is 37.4 Å². The quantitative estimate of drug-likeness (QED) is 0.866. The Balaban J connectivity index is 1.76. The zero-order valence-corrected chi connectivity index (χ0v) is 10.6. The van der Waals surface area contributed by atoms with Gasteiger partial charge in [0.15, 0.2) is 0 Å². The van der Waals surface area contributed by atoms with Gasteiger partial charge in [0.05, 0.1) is 18.1 Å². The van der Waals surface area contributed by atoms with Crippen LogP contribution in [0.2, 0.25) is 0 Å². The molecule has 98 valence electrons. The molecule has 0 saturated carbocycles. The lowest BCUT2D eigenvalue weighted by molar-refractivity contribution is 0.452. The van der Waals surface area contributed by atoms with Gasteiger partial charge < -0.3 is 10.6 Å². The Morgan fingerprint density at radius 3 is 2.63 bits per heavy atom. The van der Waals surface area contributed by atoms with Crippen molar-refractivity contribution in [3.63, 3.8) is 0 Å². The van der Waals surface area contributed by atoms with E-state index in [1.165, 1.54) is 0 Å². The molecule has 1 saturated heterocycles. The Hall–Kier alpha value is -2.08. The van der Waals surface area contributed by atoms with Gasteiger partial charge in [0.1, 0.15) is 11.6 Å². The molecule has 1 aliphatic rings. The SMILES string of the molecule is c1cnc(Nc2cncc(C3CCNCC3)n2)cn1. The number of nitrogens with one attached hydrogen (secondary N) is 2. The molecule has 0 aliphatic carbocycles. The topological polar surface area (TPSA) is 75.6 Å². The summed E-state index contributed by atoms with van der Waals surface area (Å²) >= 11 is 0. The van der Waals surface area contributed by atoms with Crippen LogP contribution in [0.4, 0.5) is 11.6 Å². The number of piperidine rings is 1. The molecular formula is C13H16N6. The molecule has 0 unspecified atom stereocenters. The smallest absolute Gasteiger partial charge is 0.150 e. The first-order valence-corrected chi connectivity index (χ1v) is 6.47. The average molecular weight is 256 g/mol. The van der Waals surface area contributed by atoms with Crippen molar-refractivity contribution in [2.45, 2.75) is 18.8 Å². The van der Waals surface area contributed by atoms with Crippen molar-refractivity contribution in [2.24, 2.45) is 0 Å². The molecule has 2 aromatic heterocycles. The third-order valence-corrected chi connectivity index (χ3v) is 3.23. The van der Waals surface area contributed by atoms with Crippen molar-refractivity contribution in [1.82, 2.24) is 25.3 Å². The fourth-order valence-corrected chi connectivity index (χ4v) is 2.25. The van der Waals surface area contributed by atoms with E-state index in [9.17, 15) is 0 Å². The molecule has 2 N–H and O–H groups in total. The summed E-state index contributed by atoms with van der Waals surface area (Å²) in [5.74, 6) is 1.90. The first kappa shape index (κ1) is 12.0. The summed E-state index contributed by atoms with van der Waals surface area (Å²) in [6.45, 7) is 2.10. The molecule has 1 fully saturated rings. The minimum atomic E-state index is 0.498. The highest BCUT2D eigenvalue weighted by atomic mass is 15.1. The summed E-state index contributed by atoms with van der Waals surface area (Å²) in [5.41, 5.74) is 1.05. The van der Waals surface area contributed by atoms with Crippen LogP contribution in [0.15, 0.2) is 31.0 Å². The highest BCUT2D eigenvalue weighted by Gasteiger charge is 2.17. The minimum Gasteiger partial charge on any atom is -0.322 e. The first-order chi connectivity index (χ1) is 9.42. The molecule has 0 atom stereocenters. The van der Waals surface area contributed by atoms with Crippen molar-refractivity contribution in [3.05, 3.63) is 36.7 Å². The lowest BCUT2D eigenvalue weighted by Gasteiger charge is -2.22. The molecule has 6 heteroatoms. The van der Waals surface area contributed by atoms with Crippen LogP contribution < -0.4 is 10.6 Å². The predicted molar refractivity (Wildman–Crippen MR) is 72.2 cm³/mol.